The molecule has 6 atom stereocenters. The number of anilines is 1. The first-order valence-corrected chi connectivity index (χ1v) is 15.3. The summed E-state index contributed by atoms with van der Waals surface area (Å²) in [7, 11) is 1.63. The van der Waals surface area contributed by atoms with Gasteiger partial charge in [-0.3, -0.25) is 4.79 Å². The fourth-order valence-electron chi connectivity index (χ4n) is 7.24. The maximum atomic E-state index is 13.2. The summed E-state index contributed by atoms with van der Waals surface area (Å²) in [4.78, 5) is 22.3. The van der Waals surface area contributed by atoms with E-state index in [-0.39, 0.29) is 36.1 Å². The minimum Gasteiger partial charge on any atom is -0.492 e. The first-order chi connectivity index (χ1) is 21.3. The second-order valence-electron chi connectivity index (χ2n) is 13.0. The zero-order valence-electron chi connectivity index (χ0n) is 25.3. The average molecular weight is 603 g/mol. The van der Waals surface area contributed by atoms with E-state index < -0.39 is 11.5 Å². The number of aromatic nitrogens is 3. The van der Waals surface area contributed by atoms with Crippen molar-refractivity contribution in [1.82, 2.24) is 19.5 Å². The highest BCUT2D eigenvalue weighted by atomic mass is 16.6. The molecule has 8 rings (SSSR count). The number of aliphatic hydroxyl groups excluding tert-OH is 1. The number of hydrogen-bond donors (Lipinski definition) is 1. The molecular weight excluding hydrogens is 564 g/mol. The van der Waals surface area contributed by atoms with Gasteiger partial charge < -0.3 is 33.9 Å². The highest BCUT2D eigenvalue weighted by Crippen LogP contribution is 2.39. The van der Waals surface area contributed by atoms with E-state index in [1.165, 1.54) is 0 Å². The van der Waals surface area contributed by atoms with Crippen LogP contribution in [-0.2, 0) is 19.0 Å². The number of piperidine rings is 1. The third kappa shape index (κ3) is 4.98. The molecule has 3 aromatic heterocycles. The molecule has 5 fully saturated rings. The van der Waals surface area contributed by atoms with Crippen molar-refractivity contribution < 1.29 is 28.8 Å². The first kappa shape index (κ1) is 29.0. The molecule has 0 radical (unpaired) electrons. The molecule has 3 aromatic rings. The molecule has 12 heteroatoms. The number of nitrogens with zero attached hydrogens (tertiary/aromatic N) is 6. The number of methoxy groups -OCH3 is 1. The molecule has 44 heavy (non-hydrogen) atoms. The highest BCUT2D eigenvalue weighted by molar-refractivity contribution is 5.85. The van der Waals surface area contributed by atoms with E-state index in [1.54, 1.807) is 24.0 Å². The standard InChI is InChI=1S/C32H38N6O6/c1-32(2,18-41-3)31(40)38-22-8-23(38)14-36(13-22)27-5-4-19(11-34-27)25-9-24(15-37-28(25)21(10-33)12-35-37)42-7-6-20-16-43-30-26(39)17-44-29(20)30/h4-5,9,11-12,15,20,22-23,26,29-30,39H,6-8,13-14,16-18H2,1-3H3. The third-order valence-corrected chi connectivity index (χ3v) is 9.49. The Balaban J connectivity index is 1.06. The Morgan fingerprint density at radius 1 is 1.18 bits per heavy atom. The molecule has 2 bridgehead atoms. The van der Waals surface area contributed by atoms with Gasteiger partial charge in [0.1, 0.15) is 29.8 Å². The summed E-state index contributed by atoms with van der Waals surface area (Å²) in [6, 6.07) is 8.53. The molecule has 5 aliphatic heterocycles. The van der Waals surface area contributed by atoms with Gasteiger partial charge in [0.2, 0.25) is 5.91 Å². The lowest BCUT2D eigenvalue weighted by molar-refractivity contribution is -0.158. The summed E-state index contributed by atoms with van der Waals surface area (Å²) >= 11 is 0. The lowest BCUT2D eigenvalue weighted by atomic mass is 9.82. The molecular formula is C32H38N6O6. The van der Waals surface area contributed by atoms with Gasteiger partial charge >= 0.3 is 0 Å². The lowest BCUT2D eigenvalue weighted by Gasteiger charge is -2.58. The normalized spacial score (nSPS) is 27.7. The number of piperazine rings is 1. The van der Waals surface area contributed by atoms with Gasteiger partial charge in [-0.25, -0.2) is 9.50 Å². The van der Waals surface area contributed by atoms with Gasteiger partial charge in [-0.05, 0) is 44.9 Å². The van der Waals surface area contributed by atoms with Crippen molar-refractivity contribution in [3.63, 3.8) is 0 Å². The Morgan fingerprint density at radius 3 is 2.70 bits per heavy atom. The topological polar surface area (TPSA) is 135 Å². The summed E-state index contributed by atoms with van der Waals surface area (Å²) in [6.45, 7) is 7.06. The van der Waals surface area contributed by atoms with Crippen molar-refractivity contribution in [3.8, 4) is 22.9 Å². The summed E-state index contributed by atoms with van der Waals surface area (Å²) in [5, 5.41) is 24.2. The zero-order valence-corrected chi connectivity index (χ0v) is 25.3. The van der Waals surface area contributed by atoms with Crippen LogP contribution in [0.4, 0.5) is 5.82 Å². The molecule has 8 heterocycles. The Hall–Kier alpha value is -3.76. The smallest absolute Gasteiger partial charge is 0.231 e. The van der Waals surface area contributed by atoms with Crippen molar-refractivity contribution in [2.45, 2.75) is 57.1 Å². The number of carbonyl (C=O) groups is 1. The molecule has 1 N–H and O–H groups in total. The minimum absolute atomic E-state index is 0.0996. The predicted octanol–water partition coefficient (Wildman–Crippen LogP) is 2.27. The number of rotatable bonds is 9. The van der Waals surface area contributed by atoms with E-state index >= 15 is 0 Å². The Labute approximate surface area is 256 Å². The van der Waals surface area contributed by atoms with E-state index in [2.05, 4.69) is 16.1 Å². The Morgan fingerprint density at radius 2 is 1.98 bits per heavy atom. The van der Waals surface area contributed by atoms with Crippen LogP contribution in [0.15, 0.2) is 36.8 Å². The van der Waals surface area contributed by atoms with Crippen molar-refractivity contribution in [2.24, 2.45) is 11.3 Å². The fourth-order valence-corrected chi connectivity index (χ4v) is 7.24. The molecule has 0 spiro atoms. The monoisotopic (exact) mass is 602 g/mol. The number of nitriles is 1. The van der Waals surface area contributed by atoms with E-state index in [9.17, 15) is 15.2 Å². The van der Waals surface area contributed by atoms with Crippen LogP contribution in [0, 0.1) is 22.7 Å². The zero-order chi connectivity index (χ0) is 30.6. The molecule has 0 aliphatic carbocycles. The molecule has 6 unspecified atom stereocenters. The van der Waals surface area contributed by atoms with Crippen molar-refractivity contribution in [2.75, 3.05) is 51.5 Å². The first-order valence-electron chi connectivity index (χ1n) is 15.3. The average Bonchev–Trinajstić information content (AvgIpc) is 3.73. The van der Waals surface area contributed by atoms with Crippen LogP contribution in [0.25, 0.3) is 16.6 Å². The number of aliphatic hydroxyl groups is 1. The summed E-state index contributed by atoms with van der Waals surface area (Å²) in [5.74, 6) is 1.80. The molecule has 5 aliphatic rings. The maximum Gasteiger partial charge on any atom is 0.231 e. The van der Waals surface area contributed by atoms with Gasteiger partial charge in [-0.1, -0.05) is 0 Å². The maximum absolute atomic E-state index is 13.2. The number of pyridine rings is 2. The second-order valence-corrected chi connectivity index (χ2v) is 13.0. The van der Waals surface area contributed by atoms with Crippen molar-refractivity contribution in [3.05, 3.63) is 42.4 Å². The molecule has 0 aromatic carbocycles. The van der Waals surface area contributed by atoms with Crippen LogP contribution >= 0.6 is 0 Å². The lowest BCUT2D eigenvalue weighted by Crippen LogP contribution is -2.72. The molecule has 5 saturated heterocycles. The van der Waals surface area contributed by atoms with Crippen LogP contribution < -0.4 is 9.64 Å². The van der Waals surface area contributed by atoms with Crippen LogP contribution in [0.2, 0.25) is 0 Å². The largest absolute Gasteiger partial charge is 0.492 e. The van der Waals surface area contributed by atoms with Crippen LogP contribution in [0.5, 0.6) is 5.75 Å². The minimum atomic E-state index is -0.567. The van der Waals surface area contributed by atoms with Crippen LogP contribution in [-0.4, -0.2) is 108 Å². The number of ether oxygens (including phenoxy) is 4. The molecule has 12 nitrogen and oxygen atoms in total. The van der Waals surface area contributed by atoms with E-state index in [0.717, 1.165) is 42.9 Å². The van der Waals surface area contributed by atoms with Gasteiger partial charge in [0.15, 0.2) is 0 Å². The Kier molecular flexibility index (Phi) is 7.45. The highest BCUT2D eigenvalue weighted by Gasteiger charge is 2.50. The SMILES string of the molecule is COCC(C)(C)C(=O)N1C2CC1CN(c1ccc(-c3cc(OCCC4COC5C(O)COC45)cn4ncc(C#N)c34)cn1)C2. The fraction of sp³-hybridized carbons (Fsp3) is 0.562. The van der Waals surface area contributed by atoms with Gasteiger partial charge in [0, 0.05) is 43.4 Å². The summed E-state index contributed by atoms with van der Waals surface area (Å²) in [6.07, 6.45) is 5.99. The van der Waals surface area contributed by atoms with E-state index in [4.69, 9.17) is 23.9 Å². The number of amides is 1. The van der Waals surface area contributed by atoms with Gasteiger partial charge in [0.05, 0.1) is 73.5 Å². The second kappa shape index (κ2) is 11.3. The van der Waals surface area contributed by atoms with Crippen molar-refractivity contribution in [1.29, 1.82) is 5.26 Å². The summed E-state index contributed by atoms with van der Waals surface area (Å²) < 4.78 is 24.6. The molecule has 1 amide bonds. The quantitative estimate of drug-likeness (QED) is 0.389. The van der Waals surface area contributed by atoms with Crippen LogP contribution in [0.1, 0.15) is 32.3 Å². The molecule has 232 valence electrons. The Bertz CT molecular complexity index is 1570. The third-order valence-electron chi connectivity index (χ3n) is 9.49. The van der Waals surface area contributed by atoms with Gasteiger partial charge in [0.25, 0.3) is 0 Å². The van der Waals surface area contributed by atoms with E-state index in [1.807, 2.05) is 43.1 Å². The number of hydrogen-bond acceptors (Lipinski definition) is 10. The van der Waals surface area contributed by atoms with Crippen molar-refractivity contribution >= 4 is 17.2 Å². The van der Waals surface area contributed by atoms with Gasteiger partial charge in [-0.15, -0.1) is 0 Å². The molecule has 0 saturated carbocycles. The summed E-state index contributed by atoms with van der Waals surface area (Å²) in [5.41, 5.74) is 2.28. The van der Waals surface area contributed by atoms with Gasteiger partial charge in [-0.2, -0.15) is 10.4 Å². The number of fused-ring (bicyclic) bond motifs is 4. The van der Waals surface area contributed by atoms with E-state index in [0.29, 0.717) is 43.3 Å². The number of carbonyl (C=O) groups excluding carboxylic acids is 1. The predicted molar refractivity (Wildman–Crippen MR) is 159 cm³/mol. The van der Waals surface area contributed by atoms with Crippen LogP contribution in [0.3, 0.4) is 0 Å².